The average Bonchev–Trinajstić information content (AvgIpc) is 3.18. The lowest BCUT2D eigenvalue weighted by molar-refractivity contribution is -0.124. The molecule has 7 heteroatoms. The van der Waals surface area contributed by atoms with Crippen LogP contribution >= 0.6 is 23.6 Å². The number of hydrogen-bond acceptors (Lipinski definition) is 4. The lowest BCUT2D eigenvalue weighted by Gasteiger charge is -2.28. The van der Waals surface area contributed by atoms with E-state index >= 15 is 0 Å². The highest BCUT2D eigenvalue weighted by atomic mass is 32.1. The Morgan fingerprint density at radius 3 is 2.87 bits per heavy atom. The summed E-state index contributed by atoms with van der Waals surface area (Å²) in [5.74, 6) is 1.51. The van der Waals surface area contributed by atoms with Crippen LogP contribution in [0.4, 0.5) is 0 Å². The van der Waals surface area contributed by atoms with Crippen molar-refractivity contribution in [3.63, 3.8) is 0 Å². The summed E-state index contributed by atoms with van der Waals surface area (Å²) >= 11 is 6.92. The molecule has 5 nitrogen and oxygen atoms in total. The topological polar surface area (TPSA) is 62.7 Å². The summed E-state index contributed by atoms with van der Waals surface area (Å²) in [4.78, 5) is 13.7. The van der Waals surface area contributed by atoms with Crippen LogP contribution in [0.15, 0.2) is 17.5 Å². The molecule has 1 atom stereocenters. The van der Waals surface area contributed by atoms with Crippen molar-refractivity contribution in [1.29, 1.82) is 0 Å². The Morgan fingerprint density at radius 2 is 2.22 bits per heavy atom. The van der Waals surface area contributed by atoms with E-state index in [1.54, 1.807) is 11.3 Å². The van der Waals surface area contributed by atoms with Crippen LogP contribution in [-0.2, 0) is 4.79 Å². The zero-order valence-corrected chi connectivity index (χ0v) is 15.0. The highest BCUT2D eigenvalue weighted by molar-refractivity contribution is 7.71. The predicted molar refractivity (Wildman–Crippen MR) is 95.0 cm³/mol. The molecule has 1 aliphatic carbocycles. The fourth-order valence-electron chi connectivity index (χ4n) is 3.09. The van der Waals surface area contributed by atoms with E-state index in [0.29, 0.717) is 4.77 Å². The maximum Gasteiger partial charge on any atom is 0.243 e. The molecule has 0 unspecified atom stereocenters. The maximum atomic E-state index is 12.6. The van der Waals surface area contributed by atoms with Crippen LogP contribution in [0.5, 0.6) is 0 Å². The molecule has 124 valence electrons. The van der Waals surface area contributed by atoms with Gasteiger partial charge in [0.25, 0.3) is 0 Å². The maximum absolute atomic E-state index is 12.6. The van der Waals surface area contributed by atoms with Crippen LogP contribution in [0.25, 0.3) is 10.7 Å². The molecule has 1 aliphatic rings. The fourth-order valence-corrected chi connectivity index (χ4v) is 4.09. The summed E-state index contributed by atoms with van der Waals surface area (Å²) in [5.41, 5.74) is 0. The molecule has 2 N–H and O–H groups in total. The molecule has 1 fully saturated rings. The number of rotatable bonds is 4. The highest BCUT2D eigenvalue weighted by Gasteiger charge is 2.25. The molecule has 0 saturated heterocycles. The number of nitrogens with one attached hydrogen (secondary N) is 2. The first-order valence-corrected chi connectivity index (χ1v) is 9.36. The van der Waals surface area contributed by atoms with Crippen molar-refractivity contribution >= 4 is 29.5 Å². The first-order chi connectivity index (χ1) is 11.1. The standard InChI is InChI=1S/C16H22N4OS2/c1-10-5-7-12(8-6-10)17-15(21)11(2)20-14(18-19-16(20)22)13-4-3-9-23-13/h3-4,9-12H,5-8H2,1-2H3,(H,17,21)(H,19,22)/t10?,11-,12?/m1/s1. The summed E-state index contributed by atoms with van der Waals surface area (Å²) < 4.78 is 2.29. The van der Waals surface area contributed by atoms with E-state index < -0.39 is 0 Å². The van der Waals surface area contributed by atoms with Gasteiger partial charge in [-0.25, -0.2) is 0 Å². The predicted octanol–water partition coefficient (Wildman–Crippen LogP) is 3.93. The molecule has 1 amide bonds. The number of hydrogen-bond donors (Lipinski definition) is 2. The lowest BCUT2D eigenvalue weighted by Crippen LogP contribution is -2.40. The Kier molecular flexibility index (Phi) is 4.96. The molecule has 2 aromatic heterocycles. The van der Waals surface area contributed by atoms with E-state index in [1.807, 2.05) is 29.0 Å². The van der Waals surface area contributed by atoms with Gasteiger partial charge in [0.05, 0.1) is 4.88 Å². The van der Waals surface area contributed by atoms with Crippen LogP contribution in [0, 0.1) is 10.7 Å². The normalized spacial score (nSPS) is 22.7. The molecule has 1 saturated carbocycles. The van der Waals surface area contributed by atoms with Crippen LogP contribution in [0.1, 0.15) is 45.6 Å². The minimum absolute atomic E-state index is 0.0138. The van der Waals surface area contributed by atoms with E-state index in [4.69, 9.17) is 12.2 Å². The Morgan fingerprint density at radius 1 is 1.48 bits per heavy atom. The number of amides is 1. The van der Waals surface area contributed by atoms with Crippen LogP contribution < -0.4 is 5.32 Å². The zero-order chi connectivity index (χ0) is 16.4. The van der Waals surface area contributed by atoms with Gasteiger partial charge in [-0.15, -0.1) is 11.3 Å². The molecule has 2 aromatic rings. The van der Waals surface area contributed by atoms with Gasteiger partial charge >= 0.3 is 0 Å². The molecule has 0 aliphatic heterocycles. The molecule has 2 heterocycles. The minimum atomic E-state index is -0.377. The van der Waals surface area contributed by atoms with Crippen molar-refractivity contribution in [2.24, 2.45) is 5.92 Å². The molecular formula is C16H22N4OS2. The van der Waals surface area contributed by atoms with E-state index in [1.165, 1.54) is 12.8 Å². The minimum Gasteiger partial charge on any atom is -0.352 e. The molecule has 3 rings (SSSR count). The fraction of sp³-hybridized carbons (Fsp3) is 0.562. The first kappa shape index (κ1) is 16.4. The third-order valence-corrected chi connectivity index (χ3v) is 5.73. The number of H-pyrrole nitrogens is 1. The third-order valence-electron chi connectivity index (χ3n) is 4.57. The van der Waals surface area contributed by atoms with Crippen LogP contribution in [-0.4, -0.2) is 26.7 Å². The van der Waals surface area contributed by atoms with Gasteiger partial charge in [0.15, 0.2) is 10.6 Å². The Hall–Kier alpha value is -1.47. The monoisotopic (exact) mass is 350 g/mol. The van der Waals surface area contributed by atoms with Crippen LogP contribution in [0.3, 0.4) is 0 Å². The van der Waals surface area contributed by atoms with Crippen LogP contribution in [0.2, 0.25) is 0 Å². The summed E-state index contributed by atoms with van der Waals surface area (Å²) in [5, 5.41) is 12.3. The number of nitrogens with zero attached hydrogens (tertiary/aromatic N) is 2. The van der Waals surface area contributed by atoms with Crippen molar-refractivity contribution < 1.29 is 4.79 Å². The van der Waals surface area contributed by atoms with Crippen molar-refractivity contribution in [2.75, 3.05) is 0 Å². The van der Waals surface area contributed by atoms with Gasteiger partial charge in [0, 0.05) is 6.04 Å². The van der Waals surface area contributed by atoms with E-state index in [0.717, 1.165) is 29.5 Å². The number of thiophene rings is 1. The van der Waals surface area contributed by atoms with Gasteiger partial charge in [-0.3, -0.25) is 14.5 Å². The molecule has 0 bridgehead atoms. The Labute approximate surface area is 145 Å². The second-order valence-corrected chi connectivity index (χ2v) is 7.68. The summed E-state index contributed by atoms with van der Waals surface area (Å²) in [7, 11) is 0. The molecule has 0 aromatic carbocycles. The van der Waals surface area contributed by atoms with Gasteiger partial charge in [-0.2, -0.15) is 5.10 Å². The number of aromatic amines is 1. The summed E-state index contributed by atoms with van der Waals surface area (Å²) in [6.07, 6.45) is 4.50. The molecule has 23 heavy (non-hydrogen) atoms. The third kappa shape index (κ3) is 3.55. The van der Waals surface area contributed by atoms with Gasteiger partial charge in [-0.05, 0) is 62.2 Å². The average molecular weight is 351 g/mol. The smallest absolute Gasteiger partial charge is 0.243 e. The molecule has 0 spiro atoms. The number of carbonyl (C=O) groups is 1. The van der Waals surface area contributed by atoms with E-state index in [2.05, 4.69) is 22.4 Å². The van der Waals surface area contributed by atoms with E-state index in [9.17, 15) is 4.79 Å². The van der Waals surface area contributed by atoms with E-state index in [-0.39, 0.29) is 18.0 Å². The molecule has 0 radical (unpaired) electrons. The second-order valence-electron chi connectivity index (χ2n) is 6.34. The zero-order valence-electron chi connectivity index (χ0n) is 13.4. The van der Waals surface area contributed by atoms with Gasteiger partial charge in [0.1, 0.15) is 6.04 Å². The van der Waals surface area contributed by atoms with Crippen molar-refractivity contribution in [3.05, 3.63) is 22.3 Å². The van der Waals surface area contributed by atoms with Gasteiger partial charge in [0.2, 0.25) is 5.91 Å². The largest absolute Gasteiger partial charge is 0.352 e. The van der Waals surface area contributed by atoms with Crippen molar-refractivity contribution in [2.45, 2.75) is 51.6 Å². The van der Waals surface area contributed by atoms with Gasteiger partial charge < -0.3 is 5.32 Å². The quantitative estimate of drug-likeness (QED) is 0.822. The second kappa shape index (κ2) is 6.97. The Bertz CT molecular complexity index is 711. The number of aromatic nitrogens is 3. The molecular weight excluding hydrogens is 328 g/mol. The summed E-state index contributed by atoms with van der Waals surface area (Å²) in [6.45, 7) is 4.15. The Balaban J connectivity index is 1.75. The van der Waals surface area contributed by atoms with Gasteiger partial charge in [-0.1, -0.05) is 13.0 Å². The van der Waals surface area contributed by atoms with Crippen molar-refractivity contribution in [1.82, 2.24) is 20.1 Å². The first-order valence-electron chi connectivity index (χ1n) is 8.07. The van der Waals surface area contributed by atoms with Crippen molar-refractivity contribution in [3.8, 4) is 10.7 Å². The summed E-state index contributed by atoms with van der Waals surface area (Å²) in [6, 6.07) is 3.86. The highest BCUT2D eigenvalue weighted by Crippen LogP contribution is 2.27. The number of carbonyl (C=O) groups excluding carboxylic acids is 1. The SMILES string of the molecule is CC1CCC(NC(=O)[C@@H](C)n2c(-c3cccs3)n[nH]c2=S)CC1. The lowest BCUT2D eigenvalue weighted by atomic mass is 9.87.